The van der Waals surface area contributed by atoms with Crippen molar-refractivity contribution in [2.45, 2.75) is 0 Å². The molecular weight excluding hydrogens is 653 g/mol. The molecule has 0 aliphatic carbocycles. The molecule has 0 aliphatic heterocycles. The van der Waals surface area contributed by atoms with Gasteiger partial charge in [-0.15, -0.1) is 0 Å². The van der Waals surface area contributed by atoms with Crippen molar-refractivity contribution in [3.05, 3.63) is 194 Å². The van der Waals surface area contributed by atoms with Crippen molar-refractivity contribution < 1.29 is 0 Å². The summed E-state index contributed by atoms with van der Waals surface area (Å²) < 4.78 is 4.78. The monoisotopic (exact) mass is 684 g/mol. The molecule has 10 aromatic carbocycles. The van der Waals surface area contributed by atoms with Crippen molar-refractivity contribution >= 4 is 75.9 Å². The van der Waals surface area contributed by atoms with Gasteiger partial charge >= 0.3 is 0 Å². The fourth-order valence-electron chi connectivity index (χ4n) is 9.32. The number of para-hydroxylation sites is 4. The van der Waals surface area contributed by atoms with Gasteiger partial charge in [0, 0.05) is 32.9 Å². The van der Waals surface area contributed by atoms with E-state index in [-0.39, 0.29) is 0 Å². The Kier molecular flexibility index (Phi) is 6.09. The molecule has 0 unspecified atom stereocenters. The topological polar surface area (TPSA) is 9.86 Å². The third-order valence-corrected chi connectivity index (χ3v) is 11.6. The number of aromatic nitrogens is 2. The highest BCUT2D eigenvalue weighted by molar-refractivity contribution is 6.29. The summed E-state index contributed by atoms with van der Waals surface area (Å²) in [4.78, 5) is 0. The molecule has 0 N–H and O–H groups in total. The molecule has 0 saturated carbocycles. The summed E-state index contributed by atoms with van der Waals surface area (Å²) in [6, 6.07) is 71.5. The highest BCUT2D eigenvalue weighted by Gasteiger charge is 2.20. The maximum absolute atomic E-state index is 2.42. The normalized spacial score (nSPS) is 12.1. The molecule has 0 spiro atoms. The van der Waals surface area contributed by atoms with Crippen LogP contribution in [0, 0.1) is 0 Å². The first-order valence-corrected chi connectivity index (χ1v) is 18.7. The number of fused-ring (bicyclic) bond motifs is 6. The maximum atomic E-state index is 2.42. The van der Waals surface area contributed by atoms with E-state index in [1.54, 1.807) is 0 Å². The quantitative estimate of drug-likeness (QED) is 0.163. The lowest BCUT2D eigenvalue weighted by Crippen LogP contribution is -1.93. The van der Waals surface area contributed by atoms with Crippen LogP contribution in [0.15, 0.2) is 194 Å². The molecule has 2 heteroatoms. The minimum absolute atomic E-state index is 1.18. The smallest absolute Gasteiger partial charge is 0.0541 e. The number of hydrogen-bond acceptors (Lipinski definition) is 0. The molecule has 2 nitrogen and oxygen atoms in total. The van der Waals surface area contributed by atoms with E-state index < -0.39 is 0 Å². The van der Waals surface area contributed by atoms with E-state index in [0.717, 1.165) is 0 Å². The van der Waals surface area contributed by atoms with E-state index in [2.05, 4.69) is 203 Å². The summed E-state index contributed by atoms with van der Waals surface area (Å²) in [5.41, 5.74) is 12.2. The van der Waals surface area contributed by atoms with Gasteiger partial charge in [-0.1, -0.05) is 121 Å². The van der Waals surface area contributed by atoms with Crippen LogP contribution < -0.4 is 0 Å². The minimum atomic E-state index is 1.18. The maximum Gasteiger partial charge on any atom is 0.0541 e. The van der Waals surface area contributed by atoms with Gasteiger partial charge in [-0.3, -0.25) is 0 Å². The Morgan fingerprint density at radius 1 is 0.259 bits per heavy atom. The molecule has 2 aromatic heterocycles. The predicted octanol–water partition coefficient (Wildman–Crippen LogP) is 14.1. The minimum Gasteiger partial charge on any atom is -0.309 e. The summed E-state index contributed by atoms with van der Waals surface area (Å²) in [5.74, 6) is 0. The zero-order valence-corrected chi connectivity index (χ0v) is 29.4. The van der Waals surface area contributed by atoms with Gasteiger partial charge in [0.2, 0.25) is 0 Å². The van der Waals surface area contributed by atoms with Crippen molar-refractivity contribution in [3.8, 4) is 33.6 Å². The first-order chi connectivity index (χ1) is 26.8. The molecule has 0 bridgehead atoms. The van der Waals surface area contributed by atoms with Crippen LogP contribution in [0.3, 0.4) is 0 Å². The average Bonchev–Trinajstić information content (AvgIpc) is 3.75. The van der Waals surface area contributed by atoms with Crippen LogP contribution in [0.4, 0.5) is 0 Å². The second-order valence-corrected chi connectivity index (χ2v) is 14.5. The van der Waals surface area contributed by atoms with E-state index in [0.29, 0.717) is 0 Å². The Balaban J connectivity index is 1.08. The van der Waals surface area contributed by atoms with Crippen molar-refractivity contribution in [2.24, 2.45) is 0 Å². The lowest BCUT2D eigenvalue weighted by atomic mass is 9.85. The Bertz CT molecular complexity index is 3190. The zero-order chi connectivity index (χ0) is 35.3. The van der Waals surface area contributed by atoms with Gasteiger partial charge in [0.05, 0.1) is 22.1 Å². The fourth-order valence-corrected chi connectivity index (χ4v) is 9.32. The van der Waals surface area contributed by atoms with Crippen molar-refractivity contribution in [1.29, 1.82) is 0 Å². The van der Waals surface area contributed by atoms with Gasteiger partial charge in [0.25, 0.3) is 0 Å². The number of hydrogen-bond donors (Lipinski definition) is 0. The third kappa shape index (κ3) is 4.11. The first-order valence-electron chi connectivity index (χ1n) is 18.7. The van der Waals surface area contributed by atoms with Crippen LogP contribution in [0.25, 0.3) is 110 Å². The summed E-state index contributed by atoms with van der Waals surface area (Å²) in [6.07, 6.45) is 0. The van der Waals surface area contributed by atoms with Crippen molar-refractivity contribution in [2.75, 3.05) is 0 Å². The molecule has 250 valence electrons. The highest BCUT2D eigenvalue weighted by Crippen LogP contribution is 2.46. The van der Waals surface area contributed by atoms with Crippen molar-refractivity contribution in [1.82, 2.24) is 9.13 Å². The van der Waals surface area contributed by atoms with Crippen LogP contribution in [-0.2, 0) is 0 Å². The molecule has 0 atom stereocenters. The second-order valence-electron chi connectivity index (χ2n) is 14.5. The second kappa shape index (κ2) is 11.2. The molecule has 0 aliphatic rings. The Hall–Kier alpha value is -7.16. The van der Waals surface area contributed by atoms with Gasteiger partial charge in [-0.2, -0.15) is 0 Å². The molecule has 0 fully saturated rings. The summed E-state index contributed by atoms with van der Waals surface area (Å²) in [7, 11) is 0. The van der Waals surface area contributed by atoms with Crippen LogP contribution in [0.2, 0.25) is 0 Å². The van der Waals surface area contributed by atoms with Crippen LogP contribution in [0.5, 0.6) is 0 Å². The number of nitrogens with zero attached hydrogens (tertiary/aromatic N) is 2. The van der Waals surface area contributed by atoms with Gasteiger partial charge in [0.1, 0.15) is 0 Å². The molecule has 54 heavy (non-hydrogen) atoms. The Morgan fingerprint density at radius 2 is 0.648 bits per heavy atom. The van der Waals surface area contributed by atoms with Gasteiger partial charge in [0.15, 0.2) is 0 Å². The van der Waals surface area contributed by atoms with Crippen LogP contribution in [0.1, 0.15) is 0 Å². The molecule has 12 rings (SSSR count). The lowest BCUT2D eigenvalue weighted by molar-refractivity contribution is 1.18. The summed E-state index contributed by atoms with van der Waals surface area (Å²) in [5, 5.41) is 12.8. The summed E-state index contributed by atoms with van der Waals surface area (Å²) >= 11 is 0. The average molecular weight is 685 g/mol. The molecular formula is C52H32N2. The predicted molar refractivity (Wildman–Crippen MR) is 230 cm³/mol. The lowest BCUT2D eigenvalue weighted by Gasteiger charge is -2.18. The SMILES string of the molecule is c1ccc(-n2c3ccccc3c3cc(-c4cc5cccc6c(-c7ccc8c(c7)c7ccccc7n8-c7ccccc7)cc7cccc4c7c56)ccc32)cc1. The van der Waals surface area contributed by atoms with Crippen LogP contribution >= 0.6 is 0 Å². The highest BCUT2D eigenvalue weighted by atomic mass is 15.0. The fraction of sp³-hybridized carbons (Fsp3) is 0. The van der Waals surface area contributed by atoms with E-state index >= 15 is 0 Å². The van der Waals surface area contributed by atoms with E-state index in [9.17, 15) is 0 Å². The van der Waals surface area contributed by atoms with E-state index in [1.165, 1.54) is 110 Å². The number of rotatable bonds is 4. The van der Waals surface area contributed by atoms with Gasteiger partial charge in [-0.05, 0) is 127 Å². The van der Waals surface area contributed by atoms with E-state index in [1.807, 2.05) is 0 Å². The molecule has 0 saturated heterocycles. The Morgan fingerprint density at radius 3 is 1.11 bits per heavy atom. The third-order valence-electron chi connectivity index (χ3n) is 11.6. The zero-order valence-electron chi connectivity index (χ0n) is 29.4. The first kappa shape index (κ1) is 29.4. The summed E-state index contributed by atoms with van der Waals surface area (Å²) in [6.45, 7) is 0. The van der Waals surface area contributed by atoms with Crippen molar-refractivity contribution in [3.63, 3.8) is 0 Å². The standard InChI is InChI=1S/C52H32N2/c1-3-15-37(16-4-1)53-47-23-9-7-19-39(47)45-29-33(25-27-49(45)53)43-31-35-13-12-22-42-44(32-36-14-11-21-41(43)51(36)52(35)42)34-26-28-50-46(30-34)40-20-8-10-24-48(40)54(50)38-17-5-2-6-18-38/h1-32H. The number of benzene rings is 10. The van der Waals surface area contributed by atoms with Gasteiger partial charge < -0.3 is 9.13 Å². The molecule has 12 aromatic rings. The molecule has 0 radical (unpaired) electrons. The Labute approximate surface area is 311 Å². The molecule has 0 amide bonds. The molecule has 2 heterocycles. The largest absolute Gasteiger partial charge is 0.309 e. The van der Waals surface area contributed by atoms with Crippen LogP contribution in [-0.4, -0.2) is 9.13 Å². The van der Waals surface area contributed by atoms with E-state index in [4.69, 9.17) is 0 Å². The van der Waals surface area contributed by atoms with Gasteiger partial charge in [-0.25, -0.2) is 0 Å².